The predicted molar refractivity (Wildman–Crippen MR) is 133 cm³/mol. The van der Waals surface area contributed by atoms with E-state index in [0.717, 1.165) is 9.79 Å². The summed E-state index contributed by atoms with van der Waals surface area (Å²) in [7, 11) is 0. The van der Waals surface area contributed by atoms with Gasteiger partial charge in [0.15, 0.2) is 0 Å². The summed E-state index contributed by atoms with van der Waals surface area (Å²) >= 11 is 1.54. The van der Waals surface area contributed by atoms with Gasteiger partial charge in [-0.1, -0.05) is 42.1 Å². The number of para-hydroxylation sites is 1. The van der Waals surface area contributed by atoms with Gasteiger partial charge in [0.05, 0.1) is 5.69 Å². The van der Waals surface area contributed by atoms with Crippen molar-refractivity contribution in [3.05, 3.63) is 66.4 Å². The molecule has 1 aliphatic rings. The first-order chi connectivity index (χ1) is 16.2. The van der Waals surface area contributed by atoms with Gasteiger partial charge in [-0.3, -0.25) is 4.79 Å². The monoisotopic (exact) mass is 478 g/mol. The molecule has 1 saturated heterocycles. The lowest BCUT2D eigenvalue weighted by Gasteiger charge is -2.33. The zero-order chi connectivity index (χ0) is 24.6. The van der Waals surface area contributed by atoms with Gasteiger partial charge in [0.2, 0.25) is 0 Å². The van der Waals surface area contributed by atoms with Gasteiger partial charge in [0, 0.05) is 35.1 Å². The SMILES string of the molecule is CC(C)(C)OC(=O)N1CCC(N/C=C(/C#N)C(=O)Nc2ccccc2Sc2ccccc2)CC1. The molecule has 1 fully saturated rings. The third-order valence-corrected chi connectivity index (χ3v) is 6.17. The number of likely N-dealkylation sites (tertiary alicyclic amines) is 1. The molecule has 7 nitrogen and oxygen atoms in total. The molecule has 0 spiro atoms. The second-order valence-electron chi connectivity index (χ2n) is 8.94. The summed E-state index contributed by atoms with van der Waals surface area (Å²) in [6, 6.07) is 19.4. The standard InChI is InChI=1S/C26H30N4O3S/c1-26(2,3)33-25(32)30-15-13-20(14-16-30)28-18-19(17-27)24(31)29-22-11-7-8-12-23(22)34-21-9-5-4-6-10-21/h4-12,18,20,28H,13-16H2,1-3H3,(H,29,31)/b19-18-. The smallest absolute Gasteiger partial charge is 0.410 e. The van der Waals surface area contributed by atoms with Crippen LogP contribution in [0, 0.1) is 11.3 Å². The quantitative estimate of drug-likeness (QED) is 0.439. The Kier molecular flexibility index (Phi) is 8.61. The highest BCUT2D eigenvalue weighted by Crippen LogP contribution is 2.33. The molecule has 0 aromatic heterocycles. The van der Waals surface area contributed by atoms with Gasteiger partial charge in [-0.25, -0.2) is 4.79 Å². The van der Waals surface area contributed by atoms with E-state index in [9.17, 15) is 14.9 Å². The lowest BCUT2D eigenvalue weighted by Crippen LogP contribution is -2.45. The Bertz CT molecular complexity index is 1070. The molecule has 0 saturated carbocycles. The van der Waals surface area contributed by atoms with Crippen LogP contribution >= 0.6 is 11.8 Å². The number of rotatable bonds is 6. The molecule has 178 valence electrons. The van der Waals surface area contributed by atoms with Crippen LogP contribution in [-0.2, 0) is 9.53 Å². The van der Waals surface area contributed by atoms with Crippen LogP contribution in [0.3, 0.4) is 0 Å². The maximum atomic E-state index is 12.8. The number of hydrogen-bond donors (Lipinski definition) is 2. The summed E-state index contributed by atoms with van der Waals surface area (Å²) in [6.45, 7) is 6.64. The molecule has 0 unspecified atom stereocenters. The van der Waals surface area contributed by atoms with E-state index in [-0.39, 0.29) is 17.7 Å². The molecule has 0 atom stereocenters. The number of nitrogens with one attached hydrogen (secondary N) is 2. The van der Waals surface area contributed by atoms with E-state index in [1.165, 1.54) is 6.20 Å². The summed E-state index contributed by atoms with van der Waals surface area (Å²) in [6.07, 6.45) is 2.56. The summed E-state index contributed by atoms with van der Waals surface area (Å²) in [5.41, 5.74) is 0.115. The van der Waals surface area contributed by atoms with E-state index >= 15 is 0 Å². The zero-order valence-corrected chi connectivity index (χ0v) is 20.5. The molecule has 34 heavy (non-hydrogen) atoms. The molecular weight excluding hydrogens is 448 g/mol. The van der Waals surface area contributed by atoms with Crippen molar-refractivity contribution in [2.24, 2.45) is 0 Å². The number of amides is 2. The van der Waals surface area contributed by atoms with Crippen LogP contribution in [0.5, 0.6) is 0 Å². The first kappa shape index (κ1) is 25.2. The number of anilines is 1. The van der Waals surface area contributed by atoms with Crippen LogP contribution in [0.1, 0.15) is 33.6 Å². The van der Waals surface area contributed by atoms with Crippen molar-refractivity contribution in [1.29, 1.82) is 5.26 Å². The predicted octanol–water partition coefficient (Wildman–Crippen LogP) is 5.17. The highest BCUT2D eigenvalue weighted by Gasteiger charge is 2.26. The Balaban J connectivity index is 1.56. The average molecular weight is 479 g/mol. The van der Waals surface area contributed by atoms with E-state index in [1.807, 2.05) is 81.4 Å². The average Bonchev–Trinajstić information content (AvgIpc) is 2.81. The minimum Gasteiger partial charge on any atom is -0.444 e. The number of hydrogen-bond acceptors (Lipinski definition) is 6. The van der Waals surface area contributed by atoms with Crippen molar-refractivity contribution in [3.8, 4) is 6.07 Å². The van der Waals surface area contributed by atoms with E-state index in [4.69, 9.17) is 4.74 Å². The number of benzene rings is 2. The normalized spacial score (nSPS) is 14.8. The van der Waals surface area contributed by atoms with Crippen molar-refractivity contribution in [3.63, 3.8) is 0 Å². The van der Waals surface area contributed by atoms with Gasteiger partial charge >= 0.3 is 6.09 Å². The highest BCUT2D eigenvalue weighted by molar-refractivity contribution is 7.99. The molecule has 1 heterocycles. The Labute approximate surface area is 205 Å². The first-order valence-electron chi connectivity index (χ1n) is 11.2. The Morgan fingerprint density at radius 3 is 2.38 bits per heavy atom. The summed E-state index contributed by atoms with van der Waals surface area (Å²) in [4.78, 5) is 28.6. The number of nitriles is 1. The first-order valence-corrected chi connectivity index (χ1v) is 12.0. The third kappa shape index (κ3) is 7.56. The Morgan fingerprint density at radius 1 is 1.09 bits per heavy atom. The number of nitrogens with zero attached hydrogens (tertiary/aromatic N) is 2. The molecule has 2 aromatic carbocycles. The number of carbonyl (C=O) groups is 2. The molecule has 0 radical (unpaired) electrons. The molecule has 8 heteroatoms. The largest absolute Gasteiger partial charge is 0.444 e. The fraction of sp³-hybridized carbons (Fsp3) is 0.346. The summed E-state index contributed by atoms with van der Waals surface area (Å²) in [5, 5.41) is 15.6. The minimum absolute atomic E-state index is 0.00548. The molecule has 2 N–H and O–H groups in total. The van der Waals surface area contributed by atoms with Crippen LogP contribution in [0.15, 0.2) is 76.2 Å². The molecule has 2 aromatic rings. The van der Waals surface area contributed by atoms with Crippen molar-refractivity contribution < 1.29 is 14.3 Å². The van der Waals surface area contributed by atoms with Gasteiger partial charge in [-0.05, 0) is 57.9 Å². The van der Waals surface area contributed by atoms with Crippen LogP contribution in [0.25, 0.3) is 0 Å². The lowest BCUT2D eigenvalue weighted by molar-refractivity contribution is -0.112. The second kappa shape index (κ2) is 11.6. The zero-order valence-electron chi connectivity index (χ0n) is 19.7. The topological polar surface area (TPSA) is 94.5 Å². The molecular formula is C26H30N4O3S. The molecule has 0 bridgehead atoms. The summed E-state index contributed by atoms with van der Waals surface area (Å²) in [5.74, 6) is -0.470. The van der Waals surface area contributed by atoms with Crippen LogP contribution in [0.2, 0.25) is 0 Å². The van der Waals surface area contributed by atoms with Gasteiger partial charge in [0.25, 0.3) is 5.91 Å². The van der Waals surface area contributed by atoms with Crippen LogP contribution in [-0.4, -0.2) is 41.6 Å². The molecule has 0 aliphatic carbocycles. The van der Waals surface area contributed by atoms with Crippen LogP contribution < -0.4 is 10.6 Å². The van der Waals surface area contributed by atoms with Crippen molar-refractivity contribution in [2.45, 2.75) is 55.0 Å². The second-order valence-corrected chi connectivity index (χ2v) is 10.1. The Hall–Kier alpha value is -3.44. The molecule has 2 amide bonds. The van der Waals surface area contributed by atoms with Crippen molar-refractivity contribution >= 4 is 29.4 Å². The number of piperidine rings is 1. The van der Waals surface area contributed by atoms with E-state index in [2.05, 4.69) is 10.6 Å². The van der Waals surface area contributed by atoms with Crippen molar-refractivity contribution in [2.75, 3.05) is 18.4 Å². The fourth-order valence-corrected chi connectivity index (χ4v) is 4.29. The summed E-state index contributed by atoms with van der Waals surface area (Å²) < 4.78 is 5.42. The maximum Gasteiger partial charge on any atom is 0.410 e. The van der Waals surface area contributed by atoms with Gasteiger partial charge in [0.1, 0.15) is 17.2 Å². The van der Waals surface area contributed by atoms with Gasteiger partial charge in [-0.15, -0.1) is 0 Å². The van der Waals surface area contributed by atoms with Gasteiger partial charge in [-0.2, -0.15) is 5.26 Å². The number of ether oxygens (including phenoxy) is 1. The van der Waals surface area contributed by atoms with Crippen molar-refractivity contribution in [1.82, 2.24) is 10.2 Å². The highest BCUT2D eigenvalue weighted by atomic mass is 32.2. The third-order valence-electron chi connectivity index (χ3n) is 5.08. The van der Waals surface area contributed by atoms with Gasteiger partial charge < -0.3 is 20.3 Å². The Morgan fingerprint density at radius 2 is 1.74 bits per heavy atom. The van der Waals surface area contributed by atoms with E-state index in [0.29, 0.717) is 31.6 Å². The number of carbonyl (C=O) groups excluding carboxylic acids is 2. The molecule has 3 rings (SSSR count). The van der Waals surface area contributed by atoms with E-state index in [1.54, 1.807) is 16.7 Å². The minimum atomic E-state index is -0.526. The maximum absolute atomic E-state index is 12.8. The van der Waals surface area contributed by atoms with Crippen LogP contribution in [0.4, 0.5) is 10.5 Å². The molecule has 1 aliphatic heterocycles. The fourth-order valence-electron chi connectivity index (χ4n) is 3.37. The lowest BCUT2D eigenvalue weighted by atomic mass is 10.1. The van der Waals surface area contributed by atoms with E-state index < -0.39 is 11.5 Å².